The number of nitrogens with zero attached hydrogens (tertiary/aromatic N) is 3. The number of hydrogen-bond acceptors (Lipinski definition) is 5. The van der Waals surface area contributed by atoms with Crippen molar-refractivity contribution in [1.82, 2.24) is 14.5 Å². The topological polar surface area (TPSA) is 64.4 Å². The number of likely N-dealkylation sites (tertiary alicyclic amines) is 1. The molecule has 7 heteroatoms. The van der Waals surface area contributed by atoms with Crippen LogP contribution in [-0.4, -0.2) is 45.7 Å². The lowest BCUT2D eigenvalue weighted by atomic mass is 9.65. The van der Waals surface area contributed by atoms with E-state index in [-0.39, 0.29) is 28.9 Å². The highest BCUT2D eigenvalue weighted by Crippen LogP contribution is 2.53. The second kappa shape index (κ2) is 7.75. The maximum Gasteiger partial charge on any atom is 0.325 e. The summed E-state index contributed by atoms with van der Waals surface area (Å²) in [6.07, 6.45) is 4.84. The average Bonchev–Trinajstić information content (AvgIpc) is 2.90. The van der Waals surface area contributed by atoms with Crippen LogP contribution >= 0.6 is 15.9 Å². The number of ether oxygens (including phenoxy) is 1. The zero-order chi connectivity index (χ0) is 21.7. The molecule has 0 spiro atoms. The van der Waals surface area contributed by atoms with Crippen LogP contribution in [0.2, 0.25) is 0 Å². The minimum Gasteiger partial charge on any atom is -0.465 e. The van der Waals surface area contributed by atoms with Crippen molar-refractivity contribution in [2.75, 3.05) is 13.2 Å². The fourth-order valence-corrected chi connectivity index (χ4v) is 6.23. The number of carbonyl (C=O) groups excluding carboxylic acids is 1. The Kier molecular flexibility index (Phi) is 5.56. The molecule has 4 rings (SSSR count). The largest absolute Gasteiger partial charge is 0.465 e. The summed E-state index contributed by atoms with van der Waals surface area (Å²) in [6, 6.07) is 5.31. The summed E-state index contributed by atoms with van der Waals surface area (Å²) in [6.45, 7) is 10.2. The quantitative estimate of drug-likeness (QED) is 0.611. The van der Waals surface area contributed by atoms with Gasteiger partial charge in [-0.15, -0.1) is 0 Å². The van der Waals surface area contributed by atoms with E-state index >= 15 is 0 Å². The Morgan fingerprint density at radius 2 is 2.10 bits per heavy atom. The number of hydrogen-bond donors (Lipinski definition) is 0. The number of esters is 1. The van der Waals surface area contributed by atoms with E-state index in [4.69, 9.17) is 4.74 Å². The lowest BCUT2D eigenvalue weighted by Gasteiger charge is -2.40. The minimum atomic E-state index is -0.491. The average molecular weight is 476 g/mol. The molecule has 0 N–H and O–H groups in total. The standard InChI is InChI=1S/C23H30BrN3O3/c1-5-30-21(29)19(27-13-23(4)10-16(27)9-22(2,3)12-23)11-26-14-25-18-7-6-15(24)8-17(18)20(26)28/h6-8,14,16,19H,5,9-13H2,1-4H3. The Bertz CT molecular complexity index is 1030. The van der Waals surface area contributed by atoms with Gasteiger partial charge in [-0.3, -0.25) is 19.1 Å². The molecular weight excluding hydrogens is 446 g/mol. The van der Waals surface area contributed by atoms with Crippen molar-refractivity contribution >= 4 is 32.8 Å². The summed E-state index contributed by atoms with van der Waals surface area (Å²) < 4.78 is 7.84. The van der Waals surface area contributed by atoms with E-state index in [9.17, 15) is 9.59 Å². The van der Waals surface area contributed by atoms with Crippen molar-refractivity contribution < 1.29 is 9.53 Å². The zero-order valence-corrected chi connectivity index (χ0v) is 19.7. The van der Waals surface area contributed by atoms with Crippen LogP contribution in [0.5, 0.6) is 0 Å². The number of fused-ring (bicyclic) bond motifs is 3. The molecule has 1 saturated heterocycles. The lowest BCUT2D eigenvalue weighted by molar-refractivity contribution is -0.150. The maximum absolute atomic E-state index is 13.1. The van der Waals surface area contributed by atoms with Gasteiger partial charge in [0.15, 0.2) is 0 Å². The smallest absolute Gasteiger partial charge is 0.325 e. The number of halogens is 1. The first-order valence-electron chi connectivity index (χ1n) is 10.7. The molecule has 162 valence electrons. The van der Waals surface area contributed by atoms with E-state index in [1.165, 1.54) is 0 Å². The molecule has 1 aromatic heterocycles. The van der Waals surface area contributed by atoms with Crippen LogP contribution in [0.15, 0.2) is 33.8 Å². The van der Waals surface area contributed by atoms with E-state index in [0.717, 1.165) is 30.3 Å². The summed E-state index contributed by atoms with van der Waals surface area (Å²) in [4.78, 5) is 32.9. The van der Waals surface area contributed by atoms with Crippen molar-refractivity contribution in [2.24, 2.45) is 10.8 Å². The Hall–Kier alpha value is -1.73. The first-order valence-corrected chi connectivity index (χ1v) is 11.5. The number of carbonyl (C=O) groups is 1. The van der Waals surface area contributed by atoms with E-state index in [0.29, 0.717) is 23.6 Å². The highest BCUT2D eigenvalue weighted by molar-refractivity contribution is 9.10. The van der Waals surface area contributed by atoms with Crippen molar-refractivity contribution in [2.45, 2.75) is 65.6 Å². The van der Waals surface area contributed by atoms with Crippen LogP contribution in [-0.2, 0) is 16.1 Å². The Morgan fingerprint density at radius 1 is 1.33 bits per heavy atom. The van der Waals surface area contributed by atoms with Crippen LogP contribution < -0.4 is 5.56 Å². The fraction of sp³-hybridized carbons (Fsp3) is 0.609. The van der Waals surface area contributed by atoms with E-state index in [1.807, 2.05) is 19.1 Å². The second-order valence-corrected chi connectivity index (χ2v) is 10.9. The third kappa shape index (κ3) is 4.06. The van der Waals surface area contributed by atoms with Gasteiger partial charge in [0, 0.05) is 17.1 Å². The van der Waals surface area contributed by atoms with Gasteiger partial charge in [-0.25, -0.2) is 4.98 Å². The molecule has 1 aromatic carbocycles. The molecule has 2 aromatic rings. The van der Waals surface area contributed by atoms with E-state index in [1.54, 1.807) is 17.0 Å². The number of rotatable bonds is 5. The van der Waals surface area contributed by atoms with Gasteiger partial charge in [-0.1, -0.05) is 36.7 Å². The van der Waals surface area contributed by atoms with Gasteiger partial charge >= 0.3 is 5.97 Å². The summed E-state index contributed by atoms with van der Waals surface area (Å²) in [5, 5.41) is 0.544. The predicted octanol–water partition coefficient (Wildman–Crippen LogP) is 3.99. The zero-order valence-electron chi connectivity index (χ0n) is 18.2. The van der Waals surface area contributed by atoms with Crippen LogP contribution in [0.3, 0.4) is 0 Å². The van der Waals surface area contributed by atoms with Crippen LogP contribution in [0.4, 0.5) is 0 Å². The molecule has 0 amide bonds. The van der Waals surface area contributed by atoms with Crippen LogP contribution in [0.1, 0.15) is 47.0 Å². The normalized spacial score (nSPS) is 26.6. The molecule has 3 atom stereocenters. The second-order valence-electron chi connectivity index (χ2n) is 10.0. The van der Waals surface area contributed by atoms with Crippen molar-refractivity contribution in [1.29, 1.82) is 0 Å². The molecule has 0 radical (unpaired) electrons. The van der Waals surface area contributed by atoms with Gasteiger partial charge in [0.05, 0.1) is 30.4 Å². The number of aromatic nitrogens is 2. The molecular formula is C23H30BrN3O3. The summed E-state index contributed by atoms with van der Waals surface area (Å²) in [7, 11) is 0. The molecule has 2 heterocycles. The summed E-state index contributed by atoms with van der Waals surface area (Å²) >= 11 is 3.43. The van der Waals surface area contributed by atoms with Crippen LogP contribution in [0.25, 0.3) is 10.9 Å². The van der Waals surface area contributed by atoms with Gasteiger partial charge in [0.1, 0.15) is 6.04 Å². The highest BCUT2D eigenvalue weighted by Gasteiger charge is 2.52. The van der Waals surface area contributed by atoms with Crippen molar-refractivity contribution in [3.8, 4) is 0 Å². The fourth-order valence-electron chi connectivity index (χ4n) is 5.87. The van der Waals surface area contributed by atoms with Crippen LogP contribution in [0, 0.1) is 10.8 Å². The molecule has 6 nitrogen and oxygen atoms in total. The molecule has 30 heavy (non-hydrogen) atoms. The summed E-state index contributed by atoms with van der Waals surface area (Å²) in [5.74, 6) is -0.257. The molecule has 2 aliphatic rings. The van der Waals surface area contributed by atoms with Crippen molar-refractivity contribution in [3.05, 3.63) is 39.4 Å². The molecule has 1 saturated carbocycles. The number of benzene rings is 1. The minimum absolute atomic E-state index is 0.135. The summed E-state index contributed by atoms with van der Waals surface area (Å²) in [5.41, 5.74) is 0.955. The Morgan fingerprint density at radius 3 is 2.83 bits per heavy atom. The van der Waals surface area contributed by atoms with E-state index < -0.39 is 6.04 Å². The van der Waals surface area contributed by atoms with Gasteiger partial charge in [0.2, 0.25) is 0 Å². The first-order chi connectivity index (χ1) is 14.1. The SMILES string of the molecule is CCOC(=O)C(Cn1cnc2ccc(Br)cc2c1=O)N1CC2(C)CC1CC(C)(C)C2. The lowest BCUT2D eigenvalue weighted by Crippen LogP contribution is -2.49. The highest BCUT2D eigenvalue weighted by atomic mass is 79.9. The van der Waals surface area contributed by atoms with Gasteiger partial charge in [0.25, 0.3) is 5.56 Å². The monoisotopic (exact) mass is 475 g/mol. The third-order valence-electron chi connectivity index (χ3n) is 6.57. The third-order valence-corrected chi connectivity index (χ3v) is 7.06. The van der Waals surface area contributed by atoms with Gasteiger partial charge in [-0.2, -0.15) is 0 Å². The molecule has 1 aliphatic carbocycles. The predicted molar refractivity (Wildman–Crippen MR) is 120 cm³/mol. The molecule has 1 aliphatic heterocycles. The van der Waals surface area contributed by atoms with Gasteiger partial charge in [-0.05, 0) is 55.2 Å². The van der Waals surface area contributed by atoms with Gasteiger partial charge < -0.3 is 4.74 Å². The van der Waals surface area contributed by atoms with Crippen molar-refractivity contribution in [3.63, 3.8) is 0 Å². The van der Waals surface area contributed by atoms with E-state index in [2.05, 4.69) is 46.6 Å². The first kappa shape index (κ1) is 21.5. The molecule has 2 fully saturated rings. The Labute approximate surface area is 185 Å². The molecule has 3 unspecified atom stereocenters. The molecule has 2 bridgehead atoms. The maximum atomic E-state index is 13.1. The Balaban J connectivity index is 1.69.